The lowest BCUT2D eigenvalue weighted by atomic mass is 9.88. The number of piperidine rings is 1. The molecule has 0 aromatic heterocycles. The third-order valence-electron chi connectivity index (χ3n) is 4.89. The molecule has 2 fully saturated rings. The molecule has 2 atom stereocenters. The van der Waals surface area contributed by atoms with Gasteiger partial charge in [-0.1, -0.05) is 12.1 Å². The fraction of sp³-hybridized carbons (Fsp3) is 0.529. The predicted molar refractivity (Wildman–Crippen MR) is 78.5 cm³/mol. The Morgan fingerprint density at radius 1 is 1.24 bits per heavy atom. The average Bonchev–Trinajstić information content (AvgIpc) is 2.70. The van der Waals surface area contributed by atoms with E-state index in [2.05, 4.69) is 11.0 Å². The molecule has 2 aliphatic heterocycles. The molecule has 110 valence electrons. The summed E-state index contributed by atoms with van der Waals surface area (Å²) in [6.07, 6.45) is 4.73. The molecule has 0 saturated carbocycles. The summed E-state index contributed by atoms with van der Waals surface area (Å²) in [5.41, 5.74) is 1.93. The maximum Gasteiger partial charge on any atom is 0.303 e. The fourth-order valence-corrected chi connectivity index (χ4v) is 3.95. The van der Waals surface area contributed by atoms with Crippen LogP contribution in [0.3, 0.4) is 0 Å². The number of hydrogen-bond acceptors (Lipinski definition) is 3. The number of aliphatic carboxylic acids is 1. The second-order valence-electron chi connectivity index (χ2n) is 6.30. The Hall–Kier alpha value is -1.86. The summed E-state index contributed by atoms with van der Waals surface area (Å²) in [5, 5.41) is 17.8. The summed E-state index contributed by atoms with van der Waals surface area (Å²) in [6, 6.07) is 11.0. The highest BCUT2D eigenvalue weighted by atomic mass is 16.4. The van der Waals surface area contributed by atoms with Gasteiger partial charge in [0, 0.05) is 25.0 Å². The van der Waals surface area contributed by atoms with Gasteiger partial charge in [-0.15, -0.1) is 0 Å². The van der Waals surface area contributed by atoms with Crippen molar-refractivity contribution in [2.45, 2.75) is 50.7 Å². The molecule has 2 heterocycles. The normalized spacial score (nSPS) is 28.2. The van der Waals surface area contributed by atoms with Crippen LogP contribution in [0.5, 0.6) is 0 Å². The van der Waals surface area contributed by atoms with Crippen LogP contribution in [0.25, 0.3) is 0 Å². The topological polar surface area (TPSA) is 64.3 Å². The van der Waals surface area contributed by atoms with E-state index in [0.717, 1.165) is 19.4 Å². The van der Waals surface area contributed by atoms with E-state index < -0.39 is 5.97 Å². The molecule has 3 rings (SSSR count). The second kappa shape index (κ2) is 5.87. The van der Waals surface area contributed by atoms with Crippen molar-refractivity contribution in [1.29, 1.82) is 5.26 Å². The lowest BCUT2D eigenvalue weighted by Gasteiger charge is -2.38. The highest BCUT2D eigenvalue weighted by Gasteiger charge is 2.40. The molecule has 2 bridgehead atoms. The first-order valence-electron chi connectivity index (χ1n) is 7.62. The first-order chi connectivity index (χ1) is 10.2. The largest absolute Gasteiger partial charge is 0.481 e. The van der Waals surface area contributed by atoms with Gasteiger partial charge in [0.15, 0.2) is 0 Å². The molecule has 0 radical (unpaired) electrons. The number of hydrogen-bond donors (Lipinski definition) is 1. The standard InChI is InChI=1S/C17H20N2O2/c18-10-12-1-3-13(4-2-12)11-19-15-5-6-16(19)8-14(7-15)9-17(20)21/h1-4,14-16H,5-9,11H2,(H,20,21). The molecule has 0 aliphatic carbocycles. The minimum absolute atomic E-state index is 0.317. The van der Waals surface area contributed by atoms with Crippen LogP contribution in [0.4, 0.5) is 0 Å². The zero-order chi connectivity index (χ0) is 14.8. The molecule has 1 N–H and O–H groups in total. The molecule has 0 amide bonds. The SMILES string of the molecule is N#Cc1ccc(CN2C3CCC2CC(CC(=O)O)C3)cc1. The van der Waals surface area contributed by atoms with E-state index in [1.807, 2.05) is 24.3 Å². The van der Waals surface area contributed by atoms with E-state index in [0.29, 0.717) is 30.0 Å². The molecule has 4 nitrogen and oxygen atoms in total. The lowest BCUT2D eigenvalue weighted by Crippen LogP contribution is -2.42. The first kappa shape index (κ1) is 14.1. The Labute approximate surface area is 125 Å². The van der Waals surface area contributed by atoms with Crippen molar-refractivity contribution in [1.82, 2.24) is 4.90 Å². The van der Waals surface area contributed by atoms with Crippen LogP contribution in [0, 0.1) is 17.2 Å². The Balaban J connectivity index is 1.65. The molecule has 0 spiro atoms. The van der Waals surface area contributed by atoms with Crippen LogP contribution in [0.2, 0.25) is 0 Å². The quantitative estimate of drug-likeness (QED) is 0.923. The number of carboxylic acid groups (broad SMARTS) is 1. The van der Waals surface area contributed by atoms with Gasteiger partial charge < -0.3 is 5.11 Å². The third kappa shape index (κ3) is 3.08. The van der Waals surface area contributed by atoms with E-state index in [-0.39, 0.29) is 0 Å². The average molecular weight is 284 g/mol. The van der Waals surface area contributed by atoms with Crippen molar-refractivity contribution < 1.29 is 9.90 Å². The molecule has 2 aliphatic rings. The monoisotopic (exact) mass is 284 g/mol. The Morgan fingerprint density at radius 2 is 1.86 bits per heavy atom. The summed E-state index contributed by atoms with van der Waals surface area (Å²) >= 11 is 0. The fourth-order valence-electron chi connectivity index (χ4n) is 3.95. The van der Waals surface area contributed by atoms with Gasteiger partial charge in [0.25, 0.3) is 0 Å². The van der Waals surface area contributed by atoms with Crippen molar-refractivity contribution >= 4 is 5.97 Å². The second-order valence-corrected chi connectivity index (χ2v) is 6.30. The number of carbonyl (C=O) groups is 1. The first-order valence-corrected chi connectivity index (χ1v) is 7.62. The molecule has 2 unspecified atom stereocenters. The van der Waals surface area contributed by atoms with Gasteiger partial charge in [0.1, 0.15) is 0 Å². The number of benzene rings is 1. The van der Waals surface area contributed by atoms with Gasteiger partial charge in [-0.05, 0) is 49.3 Å². The van der Waals surface area contributed by atoms with Crippen LogP contribution in [-0.2, 0) is 11.3 Å². The third-order valence-corrected chi connectivity index (χ3v) is 4.89. The maximum absolute atomic E-state index is 10.9. The summed E-state index contributed by atoms with van der Waals surface area (Å²) in [7, 11) is 0. The van der Waals surface area contributed by atoms with Crippen LogP contribution in [-0.4, -0.2) is 28.1 Å². The van der Waals surface area contributed by atoms with Crippen LogP contribution in [0.15, 0.2) is 24.3 Å². The number of rotatable bonds is 4. The predicted octanol–water partition coefficient (Wildman–Crippen LogP) is 2.78. The highest BCUT2D eigenvalue weighted by Crippen LogP contribution is 2.40. The summed E-state index contributed by atoms with van der Waals surface area (Å²) < 4.78 is 0. The van der Waals surface area contributed by atoms with Gasteiger partial charge in [0.2, 0.25) is 0 Å². The van der Waals surface area contributed by atoms with Gasteiger partial charge >= 0.3 is 5.97 Å². The minimum Gasteiger partial charge on any atom is -0.481 e. The van der Waals surface area contributed by atoms with Gasteiger partial charge in [-0.2, -0.15) is 5.26 Å². The minimum atomic E-state index is -0.667. The van der Waals surface area contributed by atoms with E-state index in [9.17, 15) is 4.79 Å². The van der Waals surface area contributed by atoms with Crippen LogP contribution >= 0.6 is 0 Å². The molecule has 1 aromatic rings. The van der Waals surface area contributed by atoms with Crippen molar-refractivity contribution in [2.75, 3.05) is 0 Å². The number of nitriles is 1. The molecule has 1 aromatic carbocycles. The van der Waals surface area contributed by atoms with Gasteiger partial charge in [-0.3, -0.25) is 9.69 Å². The van der Waals surface area contributed by atoms with Crippen LogP contribution < -0.4 is 0 Å². The summed E-state index contributed by atoms with van der Waals surface area (Å²) in [5.74, 6) is -0.322. The number of fused-ring (bicyclic) bond motifs is 2. The Kier molecular flexibility index (Phi) is 3.94. The van der Waals surface area contributed by atoms with Crippen molar-refractivity contribution in [2.24, 2.45) is 5.92 Å². The van der Waals surface area contributed by atoms with Crippen molar-refractivity contribution in [3.05, 3.63) is 35.4 Å². The highest BCUT2D eigenvalue weighted by molar-refractivity contribution is 5.67. The molecular formula is C17H20N2O2. The van der Waals surface area contributed by atoms with Crippen LogP contribution in [0.1, 0.15) is 43.2 Å². The van der Waals surface area contributed by atoms with E-state index in [1.165, 1.54) is 18.4 Å². The van der Waals surface area contributed by atoms with Crippen molar-refractivity contribution in [3.8, 4) is 6.07 Å². The number of carboxylic acids is 1. The van der Waals surface area contributed by atoms with Gasteiger partial charge in [-0.25, -0.2) is 0 Å². The molecule has 2 saturated heterocycles. The van der Waals surface area contributed by atoms with E-state index >= 15 is 0 Å². The zero-order valence-electron chi connectivity index (χ0n) is 12.0. The lowest BCUT2D eigenvalue weighted by molar-refractivity contribution is -0.138. The Bertz CT molecular complexity index is 547. The van der Waals surface area contributed by atoms with Gasteiger partial charge in [0.05, 0.1) is 11.6 Å². The Morgan fingerprint density at radius 3 is 2.38 bits per heavy atom. The summed E-state index contributed by atoms with van der Waals surface area (Å²) in [6.45, 7) is 0.917. The molecular weight excluding hydrogens is 264 g/mol. The summed E-state index contributed by atoms with van der Waals surface area (Å²) in [4.78, 5) is 13.4. The van der Waals surface area contributed by atoms with E-state index in [4.69, 9.17) is 10.4 Å². The van der Waals surface area contributed by atoms with Crippen molar-refractivity contribution in [3.63, 3.8) is 0 Å². The van der Waals surface area contributed by atoms with E-state index in [1.54, 1.807) is 0 Å². The smallest absolute Gasteiger partial charge is 0.303 e. The molecule has 4 heteroatoms. The molecule has 21 heavy (non-hydrogen) atoms. The maximum atomic E-state index is 10.9. The number of nitrogens with zero attached hydrogens (tertiary/aromatic N) is 2. The zero-order valence-corrected chi connectivity index (χ0v) is 12.0.